The number of hydrogen-bond acceptors (Lipinski definition) is 0. The van der Waals surface area contributed by atoms with Crippen LogP contribution in [0.1, 0.15) is 37.3 Å². The minimum atomic E-state index is 0.867. The molecule has 1 heterocycles. The van der Waals surface area contributed by atoms with Crippen molar-refractivity contribution >= 4 is 0 Å². The second-order valence-electron chi connectivity index (χ2n) is 8.42. The smallest absolute Gasteiger partial charge is 0.201 e. The fraction of sp³-hybridized carbons (Fsp3) is 0.346. The van der Waals surface area contributed by atoms with Crippen molar-refractivity contribution < 1.29 is 4.57 Å². The highest BCUT2D eigenvalue weighted by molar-refractivity contribution is 5.70. The Morgan fingerprint density at radius 2 is 1.74 bits per heavy atom. The van der Waals surface area contributed by atoms with Crippen LogP contribution in [-0.4, -0.2) is 0 Å². The average molecular weight is 357 g/mol. The Morgan fingerprint density at radius 3 is 2.52 bits per heavy atom. The first-order valence-electron chi connectivity index (χ1n) is 10.2. The number of benzene rings is 2. The summed E-state index contributed by atoms with van der Waals surface area (Å²) in [5, 5.41) is 0. The first-order valence-corrected chi connectivity index (χ1v) is 10.2. The van der Waals surface area contributed by atoms with Crippen LogP contribution >= 0.6 is 0 Å². The third kappa shape index (κ3) is 3.98. The summed E-state index contributed by atoms with van der Waals surface area (Å²) >= 11 is 0. The predicted molar refractivity (Wildman–Crippen MR) is 113 cm³/mol. The van der Waals surface area contributed by atoms with Gasteiger partial charge in [0.1, 0.15) is 7.05 Å². The largest absolute Gasteiger partial charge is 0.213 e. The molecule has 1 aliphatic rings. The average Bonchev–Trinajstić information content (AvgIpc) is 3.08. The zero-order valence-corrected chi connectivity index (χ0v) is 16.8. The highest BCUT2D eigenvalue weighted by atomic mass is 14.9. The summed E-state index contributed by atoms with van der Waals surface area (Å²) in [5.74, 6) is 1.77. The Hall–Kier alpha value is -2.41. The van der Waals surface area contributed by atoms with Crippen molar-refractivity contribution in [3.05, 3.63) is 78.0 Å². The number of hydrogen-bond donors (Lipinski definition) is 0. The van der Waals surface area contributed by atoms with E-state index >= 15 is 0 Å². The molecular formula is C26H30N+. The van der Waals surface area contributed by atoms with Crippen LogP contribution in [0.25, 0.3) is 22.4 Å². The lowest BCUT2D eigenvalue weighted by atomic mass is 9.94. The summed E-state index contributed by atoms with van der Waals surface area (Å²) in [7, 11) is 2.13. The lowest BCUT2D eigenvalue weighted by Gasteiger charge is -2.11. The molecule has 1 saturated carbocycles. The lowest BCUT2D eigenvalue weighted by Crippen LogP contribution is -2.30. The van der Waals surface area contributed by atoms with Crippen molar-refractivity contribution in [1.29, 1.82) is 0 Å². The van der Waals surface area contributed by atoms with Crippen LogP contribution in [0.4, 0.5) is 0 Å². The van der Waals surface area contributed by atoms with Gasteiger partial charge in [-0.15, -0.1) is 0 Å². The van der Waals surface area contributed by atoms with Crippen LogP contribution in [0, 0.1) is 18.8 Å². The monoisotopic (exact) mass is 356 g/mol. The topological polar surface area (TPSA) is 3.88 Å². The van der Waals surface area contributed by atoms with Gasteiger partial charge in [0.05, 0.1) is 0 Å². The van der Waals surface area contributed by atoms with Crippen LogP contribution in [0.5, 0.6) is 0 Å². The molecule has 0 bridgehead atoms. The first kappa shape index (κ1) is 18.0. The summed E-state index contributed by atoms with van der Waals surface area (Å²) in [4.78, 5) is 0. The molecule has 0 amide bonds. The molecule has 0 radical (unpaired) electrons. The number of rotatable bonds is 4. The van der Waals surface area contributed by atoms with Crippen LogP contribution in [0.15, 0.2) is 66.9 Å². The third-order valence-electron chi connectivity index (χ3n) is 6.16. The molecule has 27 heavy (non-hydrogen) atoms. The van der Waals surface area contributed by atoms with Crippen molar-refractivity contribution in [3.63, 3.8) is 0 Å². The second kappa shape index (κ2) is 7.68. The molecule has 1 aliphatic carbocycles. The summed E-state index contributed by atoms with van der Waals surface area (Å²) in [5.41, 5.74) is 7.99. The summed E-state index contributed by atoms with van der Waals surface area (Å²) in [6.45, 7) is 4.58. The van der Waals surface area contributed by atoms with Crippen molar-refractivity contribution in [2.75, 3.05) is 0 Å². The van der Waals surface area contributed by atoms with Gasteiger partial charge in [-0.2, -0.15) is 0 Å². The first-order chi connectivity index (χ1) is 13.1. The number of aryl methyl sites for hydroxylation is 2. The molecule has 2 atom stereocenters. The fourth-order valence-electron chi connectivity index (χ4n) is 4.60. The summed E-state index contributed by atoms with van der Waals surface area (Å²) < 4.78 is 2.22. The molecule has 1 fully saturated rings. The summed E-state index contributed by atoms with van der Waals surface area (Å²) in [6.07, 6.45) is 7.60. The molecule has 2 unspecified atom stereocenters. The Balaban J connectivity index is 1.65. The van der Waals surface area contributed by atoms with Crippen molar-refractivity contribution in [2.45, 2.75) is 39.5 Å². The maximum absolute atomic E-state index is 2.40. The van der Waals surface area contributed by atoms with Crippen molar-refractivity contribution in [1.82, 2.24) is 0 Å². The zero-order chi connectivity index (χ0) is 18.8. The SMILES string of the molecule is Cc1ccccc1-c1cc(-c2cccc(CC3CCC(C)C3)c2)cc[n+]1C. The Morgan fingerprint density at radius 1 is 0.926 bits per heavy atom. The molecule has 0 spiro atoms. The van der Waals surface area contributed by atoms with E-state index in [1.165, 1.54) is 59.2 Å². The van der Waals surface area contributed by atoms with Gasteiger partial charge in [0, 0.05) is 17.7 Å². The van der Waals surface area contributed by atoms with Crippen LogP contribution in [0.3, 0.4) is 0 Å². The van der Waals surface area contributed by atoms with Gasteiger partial charge in [-0.1, -0.05) is 55.8 Å². The van der Waals surface area contributed by atoms with E-state index in [-0.39, 0.29) is 0 Å². The van der Waals surface area contributed by atoms with Crippen LogP contribution < -0.4 is 4.57 Å². The quantitative estimate of drug-likeness (QED) is 0.495. The molecule has 1 heteroatoms. The van der Waals surface area contributed by atoms with E-state index < -0.39 is 0 Å². The van der Waals surface area contributed by atoms with Gasteiger partial charge in [-0.05, 0) is 66.3 Å². The molecule has 1 nitrogen and oxygen atoms in total. The van der Waals surface area contributed by atoms with E-state index in [1.54, 1.807) is 0 Å². The van der Waals surface area contributed by atoms with Gasteiger partial charge in [-0.3, -0.25) is 0 Å². The van der Waals surface area contributed by atoms with E-state index in [9.17, 15) is 0 Å². The maximum atomic E-state index is 2.40. The molecule has 2 aromatic carbocycles. The van der Waals surface area contributed by atoms with Gasteiger partial charge in [0.15, 0.2) is 6.20 Å². The number of pyridine rings is 1. The van der Waals surface area contributed by atoms with Gasteiger partial charge in [0.25, 0.3) is 0 Å². The number of nitrogens with zero attached hydrogens (tertiary/aromatic N) is 1. The van der Waals surface area contributed by atoms with Gasteiger partial charge in [0.2, 0.25) is 5.69 Å². The van der Waals surface area contributed by atoms with E-state index in [0.29, 0.717) is 0 Å². The normalized spacial score (nSPS) is 19.4. The molecule has 0 saturated heterocycles. The lowest BCUT2D eigenvalue weighted by molar-refractivity contribution is -0.660. The molecule has 138 valence electrons. The van der Waals surface area contributed by atoms with E-state index in [1.807, 2.05) is 0 Å². The Bertz CT molecular complexity index is 940. The van der Waals surface area contributed by atoms with E-state index in [4.69, 9.17) is 0 Å². The third-order valence-corrected chi connectivity index (χ3v) is 6.16. The van der Waals surface area contributed by atoms with Crippen molar-refractivity contribution in [2.24, 2.45) is 18.9 Å². The van der Waals surface area contributed by atoms with Gasteiger partial charge < -0.3 is 0 Å². The summed E-state index contributed by atoms with van der Waals surface area (Å²) in [6, 6.07) is 22.4. The Kier molecular flexibility index (Phi) is 5.11. The standard InChI is InChI=1S/C26H30N/c1-19-11-12-22(15-19)16-21-8-6-9-23(17-21)24-13-14-27(3)26(18-24)25-10-5-4-7-20(25)2/h4-10,13-14,17-19,22H,11-12,15-16H2,1-3H3/q+1. The zero-order valence-electron chi connectivity index (χ0n) is 16.8. The highest BCUT2D eigenvalue weighted by Gasteiger charge is 2.21. The van der Waals surface area contributed by atoms with Gasteiger partial charge >= 0.3 is 0 Å². The van der Waals surface area contributed by atoms with Gasteiger partial charge in [-0.25, -0.2) is 4.57 Å². The molecule has 3 aromatic rings. The van der Waals surface area contributed by atoms with E-state index in [0.717, 1.165) is 11.8 Å². The van der Waals surface area contributed by atoms with Crippen molar-refractivity contribution in [3.8, 4) is 22.4 Å². The maximum Gasteiger partial charge on any atom is 0.213 e. The predicted octanol–water partition coefficient (Wildman–Crippen LogP) is 6.13. The molecule has 0 N–H and O–H groups in total. The van der Waals surface area contributed by atoms with E-state index in [2.05, 4.69) is 92.3 Å². The second-order valence-corrected chi connectivity index (χ2v) is 8.42. The number of aromatic nitrogens is 1. The molecule has 1 aromatic heterocycles. The molecule has 0 aliphatic heterocycles. The van der Waals surface area contributed by atoms with Crippen LogP contribution in [0.2, 0.25) is 0 Å². The fourth-order valence-corrected chi connectivity index (χ4v) is 4.60. The molecular weight excluding hydrogens is 326 g/mol. The highest BCUT2D eigenvalue weighted by Crippen LogP contribution is 2.33. The Labute approximate surface area is 163 Å². The minimum Gasteiger partial charge on any atom is -0.201 e. The minimum absolute atomic E-state index is 0.867. The molecule has 4 rings (SSSR count). The van der Waals surface area contributed by atoms with Crippen LogP contribution in [-0.2, 0) is 13.5 Å².